The van der Waals surface area contributed by atoms with Crippen molar-refractivity contribution in [3.05, 3.63) is 35.0 Å². The Morgan fingerprint density at radius 3 is 2.56 bits per heavy atom. The van der Waals surface area contributed by atoms with Crippen molar-refractivity contribution in [2.24, 2.45) is 0 Å². The predicted octanol–water partition coefficient (Wildman–Crippen LogP) is 2.62. The molecule has 0 unspecified atom stereocenters. The van der Waals surface area contributed by atoms with Crippen molar-refractivity contribution >= 4 is 6.21 Å². The second-order valence-electron chi connectivity index (χ2n) is 3.73. The Morgan fingerprint density at radius 1 is 1.31 bits per heavy atom. The average Bonchev–Trinajstić information content (AvgIpc) is 2.34. The van der Waals surface area contributed by atoms with Crippen LogP contribution in [0.4, 0.5) is 0 Å². The highest BCUT2D eigenvalue weighted by Gasteiger charge is 1.96. The van der Waals surface area contributed by atoms with Crippen LogP contribution in [0, 0.1) is 5.21 Å². The van der Waals surface area contributed by atoms with Gasteiger partial charge in [0.05, 0.1) is 13.5 Å². The van der Waals surface area contributed by atoms with E-state index in [9.17, 15) is 5.21 Å². The molecule has 0 amide bonds. The van der Waals surface area contributed by atoms with Gasteiger partial charge >= 0.3 is 0 Å². The van der Waals surface area contributed by atoms with Crippen LogP contribution in [0.2, 0.25) is 0 Å². The van der Waals surface area contributed by atoms with Gasteiger partial charge in [-0.15, -0.1) is 0 Å². The van der Waals surface area contributed by atoms with Gasteiger partial charge in [-0.2, -0.15) is 0 Å². The molecule has 0 fully saturated rings. The normalized spacial score (nSPS) is 11.5. The Morgan fingerprint density at radius 2 is 2.00 bits per heavy atom. The first-order valence-electron chi connectivity index (χ1n) is 5.66. The van der Waals surface area contributed by atoms with Crippen LogP contribution in [-0.4, -0.2) is 24.6 Å². The van der Waals surface area contributed by atoms with E-state index in [2.05, 4.69) is 6.92 Å². The molecule has 0 aromatic heterocycles. The first-order valence-corrected chi connectivity index (χ1v) is 5.66. The topological polar surface area (TPSA) is 35.3 Å². The maximum absolute atomic E-state index is 11.3. The Hall–Kier alpha value is -1.51. The summed E-state index contributed by atoms with van der Waals surface area (Å²) in [4.78, 5) is 0. The van der Waals surface area contributed by atoms with Gasteiger partial charge in [-0.1, -0.05) is 25.5 Å². The molecule has 1 rings (SSSR count). The quantitative estimate of drug-likeness (QED) is 0.320. The van der Waals surface area contributed by atoms with Crippen LogP contribution in [0.25, 0.3) is 0 Å². The number of hydroxylamine groups is 1. The van der Waals surface area contributed by atoms with Crippen molar-refractivity contribution < 1.29 is 9.48 Å². The molecule has 0 bridgehead atoms. The lowest BCUT2D eigenvalue weighted by Gasteiger charge is -2.03. The third-order valence-corrected chi connectivity index (χ3v) is 2.42. The van der Waals surface area contributed by atoms with Crippen molar-refractivity contribution in [2.75, 3.05) is 13.7 Å². The number of rotatable bonds is 6. The fourth-order valence-corrected chi connectivity index (χ4v) is 1.37. The Balaban J connectivity index is 2.46. The molecule has 3 nitrogen and oxygen atoms in total. The minimum Gasteiger partial charge on any atom is -0.624 e. The molecule has 0 aliphatic rings. The maximum atomic E-state index is 11.3. The highest BCUT2D eigenvalue weighted by atomic mass is 16.5. The molecule has 0 spiro atoms. The van der Waals surface area contributed by atoms with E-state index < -0.39 is 0 Å². The lowest BCUT2D eigenvalue weighted by atomic mass is 10.1. The van der Waals surface area contributed by atoms with Gasteiger partial charge in [0.25, 0.3) is 0 Å². The molecule has 0 N–H and O–H groups in total. The summed E-state index contributed by atoms with van der Waals surface area (Å²) in [5.74, 6) is 0.841. The molecule has 0 radical (unpaired) electrons. The summed E-state index contributed by atoms with van der Waals surface area (Å²) in [6.45, 7) is 2.67. The van der Waals surface area contributed by atoms with Crippen LogP contribution in [0.15, 0.2) is 24.3 Å². The zero-order valence-electron chi connectivity index (χ0n) is 9.98. The molecule has 1 aromatic rings. The van der Waals surface area contributed by atoms with Gasteiger partial charge in [-0.3, -0.25) is 0 Å². The molecular formula is C13H19NO2. The number of ether oxygens (including phenoxy) is 1. The third-order valence-electron chi connectivity index (χ3n) is 2.42. The van der Waals surface area contributed by atoms with E-state index in [-0.39, 0.29) is 0 Å². The largest absolute Gasteiger partial charge is 0.624 e. The van der Waals surface area contributed by atoms with Crippen LogP contribution in [0.5, 0.6) is 5.75 Å². The number of benzene rings is 1. The molecule has 88 valence electrons. The number of hydrogen-bond donors (Lipinski definition) is 0. The lowest BCUT2D eigenvalue weighted by molar-refractivity contribution is -0.454. The van der Waals surface area contributed by atoms with E-state index >= 15 is 0 Å². The highest BCUT2D eigenvalue weighted by molar-refractivity contribution is 5.56. The van der Waals surface area contributed by atoms with Crippen LogP contribution >= 0.6 is 0 Å². The number of unbranched alkanes of at least 4 members (excludes halogenated alkanes) is 1. The molecule has 3 heteroatoms. The Bertz CT molecular complexity index is 330. The molecule has 0 heterocycles. The number of methoxy groups -OCH3 is 1. The van der Waals surface area contributed by atoms with Crippen molar-refractivity contribution in [2.45, 2.75) is 26.2 Å². The smallest absolute Gasteiger partial charge is 0.155 e. The zero-order valence-corrected chi connectivity index (χ0v) is 9.98. The maximum Gasteiger partial charge on any atom is 0.155 e. The second kappa shape index (κ2) is 6.88. The van der Waals surface area contributed by atoms with Crippen molar-refractivity contribution in [1.29, 1.82) is 0 Å². The van der Waals surface area contributed by atoms with E-state index in [1.165, 1.54) is 0 Å². The average molecular weight is 221 g/mol. The first kappa shape index (κ1) is 12.6. The molecule has 0 aliphatic carbocycles. The molecule has 1 aromatic carbocycles. The first-order chi connectivity index (χ1) is 7.76. The van der Waals surface area contributed by atoms with Gasteiger partial charge in [0.15, 0.2) is 12.8 Å². The molecule has 0 saturated heterocycles. The van der Waals surface area contributed by atoms with Crippen LogP contribution < -0.4 is 4.74 Å². The number of nitrogens with zero attached hydrogens (tertiary/aromatic N) is 1. The molecule has 0 aliphatic heterocycles. The van der Waals surface area contributed by atoms with Gasteiger partial charge in [0.2, 0.25) is 0 Å². The summed E-state index contributed by atoms with van der Waals surface area (Å²) in [6, 6.07) is 7.76. The van der Waals surface area contributed by atoms with Crippen LogP contribution in [0.1, 0.15) is 25.3 Å². The van der Waals surface area contributed by atoms with Crippen LogP contribution in [0.3, 0.4) is 0 Å². The van der Waals surface area contributed by atoms with Gasteiger partial charge in [0, 0.05) is 6.42 Å². The summed E-state index contributed by atoms with van der Waals surface area (Å²) in [6.07, 6.45) is 4.37. The fraction of sp³-hybridized carbons (Fsp3) is 0.462. The molecule has 16 heavy (non-hydrogen) atoms. The van der Waals surface area contributed by atoms with Crippen molar-refractivity contribution in [3.8, 4) is 5.75 Å². The zero-order chi connectivity index (χ0) is 11.8. The SMILES string of the molecule is CCCC[N+]([O-])=CCc1ccc(OC)cc1. The number of hydrogen-bond acceptors (Lipinski definition) is 2. The second-order valence-corrected chi connectivity index (χ2v) is 3.73. The Kier molecular flexibility index (Phi) is 5.40. The summed E-state index contributed by atoms with van der Waals surface area (Å²) in [5.41, 5.74) is 1.12. The third kappa shape index (κ3) is 4.34. The van der Waals surface area contributed by atoms with Crippen LogP contribution in [-0.2, 0) is 6.42 Å². The van der Waals surface area contributed by atoms with E-state index in [4.69, 9.17) is 4.74 Å². The van der Waals surface area contributed by atoms with Gasteiger partial charge < -0.3 is 9.94 Å². The van der Waals surface area contributed by atoms with Gasteiger partial charge in [0.1, 0.15) is 5.75 Å². The van der Waals surface area contributed by atoms with Crippen molar-refractivity contribution in [1.82, 2.24) is 0 Å². The molecule has 0 saturated carbocycles. The van der Waals surface area contributed by atoms with E-state index in [1.807, 2.05) is 24.3 Å². The van der Waals surface area contributed by atoms with E-state index in [0.29, 0.717) is 13.0 Å². The Labute approximate surface area is 97.0 Å². The predicted molar refractivity (Wildman–Crippen MR) is 66.2 cm³/mol. The van der Waals surface area contributed by atoms with Gasteiger partial charge in [-0.25, -0.2) is 4.74 Å². The summed E-state index contributed by atoms with van der Waals surface area (Å²) in [5, 5.41) is 11.3. The standard InChI is InChI=1S/C13H19NO2/c1-3-4-10-14(15)11-9-12-5-7-13(16-2)8-6-12/h5-8,11H,3-4,9-10H2,1-2H3. The fourth-order valence-electron chi connectivity index (χ4n) is 1.37. The minimum absolute atomic E-state index is 0.590. The summed E-state index contributed by atoms with van der Waals surface area (Å²) in [7, 11) is 1.64. The lowest BCUT2D eigenvalue weighted by Crippen LogP contribution is -2.08. The highest BCUT2D eigenvalue weighted by Crippen LogP contribution is 2.10. The summed E-state index contributed by atoms with van der Waals surface area (Å²) >= 11 is 0. The minimum atomic E-state index is 0.590. The monoisotopic (exact) mass is 221 g/mol. The van der Waals surface area contributed by atoms with Crippen molar-refractivity contribution in [3.63, 3.8) is 0 Å². The summed E-state index contributed by atoms with van der Waals surface area (Å²) < 4.78 is 6.09. The van der Waals surface area contributed by atoms with Gasteiger partial charge in [-0.05, 0) is 17.7 Å². The van der Waals surface area contributed by atoms with E-state index in [0.717, 1.165) is 28.9 Å². The molecule has 0 atom stereocenters. The van der Waals surface area contributed by atoms with E-state index in [1.54, 1.807) is 13.3 Å². The molecular weight excluding hydrogens is 202 g/mol.